The molecule has 0 aliphatic rings. The Balaban J connectivity index is 2.16. The van der Waals surface area contributed by atoms with Gasteiger partial charge in [0, 0.05) is 18.3 Å². The van der Waals surface area contributed by atoms with Crippen molar-refractivity contribution < 1.29 is 4.79 Å². The minimum Gasteiger partial charge on any atom is -0.370 e. The third kappa shape index (κ3) is 4.43. The topological polar surface area (TPSA) is 66.9 Å². The van der Waals surface area contributed by atoms with Crippen molar-refractivity contribution in [2.75, 3.05) is 17.2 Å². The third-order valence-electron chi connectivity index (χ3n) is 2.77. The monoisotopic (exact) mass is 304 g/mol. The van der Waals surface area contributed by atoms with Crippen LogP contribution >= 0.6 is 11.6 Å². The van der Waals surface area contributed by atoms with E-state index in [9.17, 15) is 4.79 Å². The molecular formula is C15H17ClN4O. The number of halogens is 1. The molecule has 1 amide bonds. The number of anilines is 2. The van der Waals surface area contributed by atoms with E-state index in [1.165, 1.54) is 6.07 Å². The molecule has 2 aromatic rings. The molecule has 2 heterocycles. The number of rotatable bonds is 5. The minimum atomic E-state index is -0.267. The van der Waals surface area contributed by atoms with Crippen LogP contribution < -0.4 is 10.6 Å². The van der Waals surface area contributed by atoms with Crippen LogP contribution in [-0.2, 0) is 0 Å². The quantitative estimate of drug-likeness (QED) is 0.830. The Morgan fingerprint density at radius 3 is 2.81 bits per heavy atom. The molecule has 21 heavy (non-hydrogen) atoms. The van der Waals surface area contributed by atoms with Gasteiger partial charge in [0.05, 0.1) is 0 Å². The first-order valence-electron chi connectivity index (χ1n) is 6.74. The molecular weight excluding hydrogens is 288 g/mol. The molecule has 0 saturated carbocycles. The molecule has 0 spiro atoms. The lowest BCUT2D eigenvalue weighted by atomic mass is 10.2. The zero-order valence-electron chi connectivity index (χ0n) is 12.0. The van der Waals surface area contributed by atoms with Crippen molar-refractivity contribution in [2.24, 2.45) is 0 Å². The highest BCUT2D eigenvalue weighted by Gasteiger charge is 2.10. The van der Waals surface area contributed by atoms with Crippen LogP contribution in [0.25, 0.3) is 0 Å². The minimum absolute atomic E-state index is 0.267. The molecule has 0 fully saturated rings. The van der Waals surface area contributed by atoms with Crippen molar-refractivity contribution in [3.05, 3.63) is 46.7 Å². The van der Waals surface area contributed by atoms with Crippen LogP contribution in [0.15, 0.2) is 30.5 Å². The van der Waals surface area contributed by atoms with Gasteiger partial charge in [0.15, 0.2) is 0 Å². The fourth-order valence-corrected chi connectivity index (χ4v) is 1.97. The normalized spacial score (nSPS) is 10.2. The van der Waals surface area contributed by atoms with E-state index in [0.29, 0.717) is 17.2 Å². The maximum absolute atomic E-state index is 12.2. The van der Waals surface area contributed by atoms with Crippen LogP contribution in [0, 0.1) is 6.92 Å². The molecule has 6 heteroatoms. The summed E-state index contributed by atoms with van der Waals surface area (Å²) in [5, 5.41) is 6.13. The van der Waals surface area contributed by atoms with Gasteiger partial charge in [0.25, 0.3) is 5.91 Å². The van der Waals surface area contributed by atoms with Crippen LogP contribution in [0.2, 0.25) is 5.15 Å². The maximum atomic E-state index is 12.2. The molecule has 5 nitrogen and oxygen atoms in total. The summed E-state index contributed by atoms with van der Waals surface area (Å²) in [7, 11) is 0. The molecule has 2 aromatic heterocycles. The second-order valence-corrected chi connectivity index (χ2v) is 5.05. The van der Waals surface area contributed by atoms with Gasteiger partial charge in [-0.1, -0.05) is 18.5 Å². The largest absolute Gasteiger partial charge is 0.370 e. The molecule has 2 N–H and O–H groups in total. The Kier molecular flexibility index (Phi) is 5.11. The molecule has 0 aliphatic heterocycles. The highest BCUT2D eigenvalue weighted by molar-refractivity contribution is 6.30. The number of pyridine rings is 2. The van der Waals surface area contributed by atoms with E-state index in [1.54, 1.807) is 18.3 Å². The molecule has 0 atom stereocenters. The first kappa shape index (κ1) is 15.3. The number of aryl methyl sites for hydroxylation is 1. The van der Waals surface area contributed by atoms with Gasteiger partial charge in [-0.15, -0.1) is 0 Å². The van der Waals surface area contributed by atoms with Crippen LogP contribution in [-0.4, -0.2) is 22.4 Å². The lowest BCUT2D eigenvalue weighted by Gasteiger charge is -2.08. The van der Waals surface area contributed by atoms with Crippen molar-refractivity contribution in [1.29, 1.82) is 0 Å². The number of carbonyl (C=O) groups is 1. The number of nitrogens with one attached hydrogen (secondary N) is 2. The van der Waals surface area contributed by atoms with Crippen molar-refractivity contribution in [1.82, 2.24) is 9.97 Å². The standard InChI is InChI=1S/C15H17ClN4O/c1-3-5-17-14-9-11(8-12(16)19-14)15(21)20-13-7-10(2)4-6-18-13/h4,6-9H,3,5H2,1-2H3,(H,17,19)(H,18,20,21). The van der Waals surface area contributed by atoms with Crippen molar-refractivity contribution in [2.45, 2.75) is 20.3 Å². The first-order chi connectivity index (χ1) is 10.1. The average molecular weight is 305 g/mol. The van der Waals surface area contributed by atoms with Gasteiger partial charge in [0.1, 0.15) is 16.8 Å². The average Bonchev–Trinajstić information content (AvgIpc) is 2.44. The van der Waals surface area contributed by atoms with Gasteiger partial charge in [0.2, 0.25) is 0 Å². The second-order valence-electron chi connectivity index (χ2n) is 4.66. The third-order valence-corrected chi connectivity index (χ3v) is 2.96. The summed E-state index contributed by atoms with van der Waals surface area (Å²) in [6, 6.07) is 6.87. The lowest BCUT2D eigenvalue weighted by Crippen LogP contribution is -2.14. The van der Waals surface area contributed by atoms with E-state index in [0.717, 1.165) is 18.5 Å². The van der Waals surface area contributed by atoms with Gasteiger partial charge in [-0.2, -0.15) is 0 Å². The van der Waals surface area contributed by atoms with Crippen LogP contribution in [0.3, 0.4) is 0 Å². The summed E-state index contributed by atoms with van der Waals surface area (Å²) in [6.45, 7) is 4.76. The Morgan fingerprint density at radius 2 is 2.10 bits per heavy atom. The second kappa shape index (κ2) is 7.04. The molecule has 2 rings (SSSR count). The van der Waals surface area contributed by atoms with Gasteiger partial charge in [-0.3, -0.25) is 4.79 Å². The van der Waals surface area contributed by atoms with E-state index in [2.05, 4.69) is 27.5 Å². The number of hydrogen-bond donors (Lipinski definition) is 2. The predicted octanol–water partition coefficient (Wildman–Crippen LogP) is 3.51. The predicted molar refractivity (Wildman–Crippen MR) is 85.0 cm³/mol. The molecule has 0 unspecified atom stereocenters. The van der Waals surface area contributed by atoms with E-state index in [4.69, 9.17) is 11.6 Å². The Hall–Kier alpha value is -2.14. The Morgan fingerprint density at radius 1 is 1.29 bits per heavy atom. The SMILES string of the molecule is CCCNc1cc(C(=O)Nc2cc(C)ccn2)cc(Cl)n1. The molecule has 0 saturated heterocycles. The summed E-state index contributed by atoms with van der Waals surface area (Å²) >= 11 is 5.95. The number of hydrogen-bond acceptors (Lipinski definition) is 4. The number of carbonyl (C=O) groups excluding carboxylic acids is 1. The highest BCUT2D eigenvalue weighted by Crippen LogP contribution is 2.16. The van der Waals surface area contributed by atoms with E-state index < -0.39 is 0 Å². The highest BCUT2D eigenvalue weighted by atomic mass is 35.5. The summed E-state index contributed by atoms with van der Waals surface area (Å²) < 4.78 is 0. The molecule has 0 aliphatic carbocycles. The zero-order valence-corrected chi connectivity index (χ0v) is 12.7. The van der Waals surface area contributed by atoms with Crippen LogP contribution in [0.4, 0.5) is 11.6 Å². The Bertz CT molecular complexity index is 645. The van der Waals surface area contributed by atoms with Crippen molar-refractivity contribution in [3.8, 4) is 0 Å². The summed E-state index contributed by atoms with van der Waals surface area (Å²) in [5.74, 6) is 0.833. The number of aromatic nitrogens is 2. The van der Waals surface area contributed by atoms with Crippen LogP contribution in [0.1, 0.15) is 29.3 Å². The van der Waals surface area contributed by atoms with E-state index in [1.807, 2.05) is 13.0 Å². The molecule has 0 bridgehead atoms. The van der Waals surface area contributed by atoms with E-state index >= 15 is 0 Å². The first-order valence-corrected chi connectivity index (χ1v) is 7.11. The van der Waals surface area contributed by atoms with Gasteiger partial charge < -0.3 is 10.6 Å². The van der Waals surface area contributed by atoms with Gasteiger partial charge >= 0.3 is 0 Å². The molecule has 0 aromatic carbocycles. The fourth-order valence-electron chi connectivity index (χ4n) is 1.76. The van der Waals surface area contributed by atoms with Crippen molar-refractivity contribution in [3.63, 3.8) is 0 Å². The Labute approximate surface area is 128 Å². The van der Waals surface area contributed by atoms with Crippen LogP contribution in [0.5, 0.6) is 0 Å². The smallest absolute Gasteiger partial charge is 0.257 e. The van der Waals surface area contributed by atoms with E-state index in [-0.39, 0.29) is 11.1 Å². The molecule has 110 valence electrons. The lowest BCUT2D eigenvalue weighted by molar-refractivity contribution is 0.102. The number of nitrogens with zero attached hydrogens (tertiary/aromatic N) is 2. The summed E-state index contributed by atoms with van der Waals surface area (Å²) in [4.78, 5) is 20.5. The summed E-state index contributed by atoms with van der Waals surface area (Å²) in [5.41, 5.74) is 1.47. The maximum Gasteiger partial charge on any atom is 0.257 e. The van der Waals surface area contributed by atoms with Gasteiger partial charge in [-0.05, 0) is 43.2 Å². The van der Waals surface area contributed by atoms with Crippen molar-refractivity contribution >= 4 is 29.1 Å². The number of amides is 1. The van der Waals surface area contributed by atoms with Gasteiger partial charge in [-0.25, -0.2) is 9.97 Å². The molecule has 0 radical (unpaired) electrons. The summed E-state index contributed by atoms with van der Waals surface area (Å²) in [6.07, 6.45) is 2.61. The fraction of sp³-hybridized carbons (Fsp3) is 0.267. The zero-order chi connectivity index (χ0) is 15.2.